The van der Waals surface area contributed by atoms with E-state index in [9.17, 15) is 18.0 Å². The zero-order chi connectivity index (χ0) is 32.1. The Bertz CT molecular complexity index is 1880. The van der Waals surface area contributed by atoms with Crippen molar-refractivity contribution in [1.82, 2.24) is 23.4 Å². The number of benzene rings is 2. The molecule has 5 aliphatic rings. The van der Waals surface area contributed by atoms with Crippen molar-refractivity contribution in [1.29, 1.82) is 0 Å². The Kier molecular flexibility index (Phi) is 6.87. The maximum atomic E-state index is 14.8. The molecule has 0 radical (unpaired) electrons. The summed E-state index contributed by atoms with van der Waals surface area (Å²) >= 11 is 0. The molecule has 3 aliphatic heterocycles. The standard InChI is InChI=1S/C35H43N5O5S/c1-37(2)46(43,44)36-33(41)22-10-12-27-30(14-22)40-20-35(34(42)39-19-23-15-24(39)18-38(23)3)17-29(35)28-16-25(45-4)11-13-26(28)32(40)31(27)21-8-6-5-7-9-21/h10-14,16,21,23-24,29H,5-9,15,17-20H2,1-4H3,(H,36,41)/t23-,24-,29?,35?/m0/s1. The number of nitrogens with one attached hydrogen (secondary N) is 1. The largest absolute Gasteiger partial charge is 0.497 e. The van der Waals surface area contributed by atoms with Gasteiger partial charge in [0.25, 0.3) is 5.91 Å². The lowest BCUT2D eigenvalue weighted by atomic mass is 9.81. The van der Waals surface area contributed by atoms with Gasteiger partial charge in [0.1, 0.15) is 5.75 Å². The zero-order valence-electron chi connectivity index (χ0n) is 27.1. The van der Waals surface area contributed by atoms with Crippen LogP contribution < -0.4 is 9.46 Å². The molecule has 3 aromatic rings. The normalized spacial score (nSPS) is 27.3. The molecule has 2 aromatic carbocycles. The molecular weight excluding hydrogens is 602 g/mol. The van der Waals surface area contributed by atoms with Crippen LogP contribution in [0.25, 0.3) is 22.2 Å². The van der Waals surface area contributed by atoms with Gasteiger partial charge in [-0.25, -0.2) is 4.72 Å². The number of piperazine rings is 1. The average molecular weight is 646 g/mol. The van der Waals surface area contributed by atoms with Gasteiger partial charge in [-0.2, -0.15) is 12.7 Å². The number of hydrogen-bond acceptors (Lipinski definition) is 6. The van der Waals surface area contributed by atoms with E-state index in [0.29, 0.717) is 18.5 Å². The summed E-state index contributed by atoms with van der Waals surface area (Å²) in [7, 11) is 2.66. The highest BCUT2D eigenvalue weighted by Gasteiger charge is 2.65. The third-order valence-corrected chi connectivity index (χ3v) is 13.1. The number of likely N-dealkylation sites (N-methyl/N-ethyl adjacent to an activating group) is 1. The van der Waals surface area contributed by atoms with Crippen molar-refractivity contribution < 1.29 is 22.7 Å². The molecule has 11 heteroatoms. The molecule has 1 N–H and O–H groups in total. The molecule has 46 heavy (non-hydrogen) atoms. The van der Waals surface area contributed by atoms with Crippen LogP contribution in [0.3, 0.4) is 0 Å². The smallest absolute Gasteiger partial charge is 0.303 e. The predicted octanol–water partition coefficient (Wildman–Crippen LogP) is 4.30. The molecular formula is C35H43N5O5S. The number of rotatable bonds is 6. The summed E-state index contributed by atoms with van der Waals surface area (Å²) in [5.74, 6) is 0.803. The highest BCUT2D eigenvalue weighted by Crippen LogP contribution is 2.66. The second kappa shape index (κ2) is 10.6. The van der Waals surface area contributed by atoms with Gasteiger partial charge in [-0.15, -0.1) is 0 Å². The molecule has 2 aliphatic carbocycles. The number of amides is 2. The zero-order valence-corrected chi connectivity index (χ0v) is 27.9. The van der Waals surface area contributed by atoms with E-state index in [0.717, 1.165) is 71.0 Å². The van der Waals surface area contributed by atoms with Crippen LogP contribution in [0.1, 0.15) is 78.3 Å². The molecule has 4 atom stereocenters. The molecule has 4 fully saturated rings. The van der Waals surface area contributed by atoms with Crippen molar-refractivity contribution >= 4 is 32.9 Å². The number of carbonyl (C=O) groups is 2. The van der Waals surface area contributed by atoms with Crippen LogP contribution in [0.5, 0.6) is 5.75 Å². The highest BCUT2D eigenvalue weighted by atomic mass is 32.2. The second-order valence-electron chi connectivity index (χ2n) is 14.4. The van der Waals surface area contributed by atoms with Crippen LogP contribution >= 0.6 is 0 Å². The van der Waals surface area contributed by atoms with E-state index in [1.165, 1.54) is 44.5 Å². The van der Waals surface area contributed by atoms with Crippen molar-refractivity contribution in [3.05, 3.63) is 53.1 Å². The Labute approximate surface area is 270 Å². The Morgan fingerprint density at radius 2 is 1.80 bits per heavy atom. The molecule has 2 bridgehead atoms. The summed E-state index contributed by atoms with van der Waals surface area (Å²) in [6, 6.07) is 12.6. The molecule has 8 rings (SSSR count). The van der Waals surface area contributed by atoms with Gasteiger partial charge in [0.2, 0.25) is 5.91 Å². The topological polar surface area (TPSA) is 104 Å². The molecule has 2 amide bonds. The minimum atomic E-state index is -3.96. The molecule has 2 unspecified atom stereocenters. The lowest BCUT2D eigenvalue weighted by Crippen LogP contribution is -2.50. The summed E-state index contributed by atoms with van der Waals surface area (Å²) in [6.45, 7) is 2.22. The first-order valence-electron chi connectivity index (χ1n) is 16.6. The monoisotopic (exact) mass is 645 g/mol. The fourth-order valence-corrected chi connectivity index (χ4v) is 9.62. The SMILES string of the molecule is COc1ccc2c(c1)C1CC1(C(=O)N1C[C@@H]3C[C@H]1CN3C)Cn1c-2c(C2CCCCC2)c2ccc(C(=O)NS(=O)(=O)N(C)C)cc21. The van der Waals surface area contributed by atoms with Crippen molar-refractivity contribution in [3.63, 3.8) is 0 Å². The van der Waals surface area contributed by atoms with Crippen LogP contribution in [0.15, 0.2) is 36.4 Å². The summed E-state index contributed by atoms with van der Waals surface area (Å²) in [5.41, 5.74) is 5.31. The van der Waals surface area contributed by atoms with Gasteiger partial charge in [0.05, 0.1) is 18.2 Å². The third kappa shape index (κ3) is 4.45. The van der Waals surface area contributed by atoms with Crippen LogP contribution in [-0.2, 0) is 21.5 Å². The third-order valence-electron chi connectivity index (χ3n) is 11.7. The number of aromatic nitrogens is 1. The van der Waals surface area contributed by atoms with Crippen LogP contribution in [0.4, 0.5) is 0 Å². The number of nitrogens with zero attached hydrogens (tertiary/aromatic N) is 4. The molecule has 10 nitrogen and oxygen atoms in total. The van der Waals surface area contributed by atoms with Crippen molar-refractivity contribution in [3.8, 4) is 17.0 Å². The maximum Gasteiger partial charge on any atom is 0.303 e. The van der Waals surface area contributed by atoms with Gasteiger partial charge in [0, 0.05) is 73.8 Å². The highest BCUT2D eigenvalue weighted by molar-refractivity contribution is 7.87. The summed E-state index contributed by atoms with van der Waals surface area (Å²) < 4.78 is 36.3. The Morgan fingerprint density at radius 3 is 2.48 bits per heavy atom. The average Bonchev–Trinajstić information content (AvgIpc) is 3.29. The number of fused-ring (bicyclic) bond motifs is 9. The number of carbonyl (C=O) groups excluding carboxylic acids is 2. The van der Waals surface area contributed by atoms with E-state index in [1.807, 2.05) is 18.2 Å². The van der Waals surface area contributed by atoms with Gasteiger partial charge in [-0.1, -0.05) is 25.3 Å². The van der Waals surface area contributed by atoms with Crippen molar-refractivity contribution in [2.75, 3.05) is 41.3 Å². The minimum Gasteiger partial charge on any atom is -0.497 e. The van der Waals surface area contributed by atoms with E-state index in [-0.39, 0.29) is 23.4 Å². The van der Waals surface area contributed by atoms with Crippen LogP contribution in [0, 0.1) is 5.41 Å². The fourth-order valence-electron chi connectivity index (χ4n) is 9.09. The summed E-state index contributed by atoms with van der Waals surface area (Å²) in [6.07, 6.45) is 7.58. The van der Waals surface area contributed by atoms with Crippen molar-refractivity contribution in [2.45, 2.75) is 75.4 Å². The van der Waals surface area contributed by atoms with E-state index in [4.69, 9.17) is 4.74 Å². The van der Waals surface area contributed by atoms with Crippen LogP contribution in [-0.4, -0.2) is 92.3 Å². The van der Waals surface area contributed by atoms with Gasteiger partial charge in [0.15, 0.2) is 0 Å². The summed E-state index contributed by atoms with van der Waals surface area (Å²) in [5, 5.41) is 1.08. The fraction of sp³-hybridized carbons (Fsp3) is 0.543. The van der Waals surface area contributed by atoms with E-state index >= 15 is 0 Å². The molecule has 0 spiro atoms. The first-order chi connectivity index (χ1) is 22.0. The molecule has 1 aromatic heterocycles. The second-order valence-corrected chi connectivity index (χ2v) is 16.3. The molecule has 2 saturated heterocycles. The Hall–Kier alpha value is -3.41. The minimum absolute atomic E-state index is 0.0767. The first kappa shape index (κ1) is 30.0. The Morgan fingerprint density at radius 1 is 1.02 bits per heavy atom. The predicted molar refractivity (Wildman–Crippen MR) is 176 cm³/mol. The Balaban J connectivity index is 1.32. The molecule has 2 saturated carbocycles. The summed E-state index contributed by atoms with van der Waals surface area (Å²) in [4.78, 5) is 32.6. The van der Waals surface area contributed by atoms with Crippen LogP contribution in [0.2, 0.25) is 0 Å². The number of likely N-dealkylation sites (tertiary alicyclic amines) is 2. The quantitative estimate of drug-likeness (QED) is 0.429. The van der Waals surface area contributed by atoms with Gasteiger partial charge >= 0.3 is 10.2 Å². The lowest BCUT2D eigenvalue weighted by molar-refractivity contribution is -0.140. The maximum absolute atomic E-state index is 14.8. The van der Waals surface area contributed by atoms with E-state index in [2.05, 4.69) is 38.3 Å². The van der Waals surface area contributed by atoms with Crippen molar-refractivity contribution in [2.24, 2.45) is 5.41 Å². The first-order valence-corrected chi connectivity index (χ1v) is 18.1. The van der Waals surface area contributed by atoms with Gasteiger partial charge < -0.3 is 14.2 Å². The number of hydrogen-bond donors (Lipinski definition) is 1. The van der Waals surface area contributed by atoms with E-state index in [1.54, 1.807) is 13.2 Å². The lowest BCUT2D eigenvalue weighted by Gasteiger charge is -2.35. The number of ether oxygens (including phenoxy) is 1. The van der Waals surface area contributed by atoms with E-state index < -0.39 is 21.5 Å². The number of methoxy groups -OCH3 is 1. The molecule has 4 heterocycles. The molecule has 244 valence electrons. The van der Waals surface area contributed by atoms with Gasteiger partial charge in [-0.3, -0.25) is 14.5 Å². The van der Waals surface area contributed by atoms with Gasteiger partial charge in [-0.05, 0) is 80.1 Å².